The van der Waals surface area contributed by atoms with Crippen LogP contribution < -0.4 is 5.32 Å². The van der Waals surface area contributed by atoms with Gasteiger partial charge in [-0.3, -0.25) is 4.79 Å². The summed E-state index contributed by atoms with van der Waals surface area (Å²) in [6.45, 7) is 2.43. The molecule has 0 aliphatic heterocycles. The Kier molecular flexibility index (Phi) is 3.95. The highest BCUT2D eigenvalue weighted by atomic mass is 16.5. The third-order valence-electron chi connectivity index (χ3n) is 2.99. The summed E-state index contributed by atoms with van der Waals surface area (Å²) in [5.74, 6) is -0.0595. The second-order valence-electron chi connectivity index (χ2n) is 4.28. The van der Waals surface area contributed by atoms with Crippen molar-refractivity contribution in [2.75, 3.05) is 13.7 Å². The molecule has 0 fully saturated rings. The maximum atomic E-state index is 12.1. The van der Waals surface area contributed by atoms with E-state index in [1.807, 2.05) is 49.4 Å². The molecule has 1 unspecified atom stereocenters. The summed E-state index contributed by atoms with van der Waals surface area (Å²) in [5, 5.41) is 4.93. The molecule has 0 aromatic heterocycles. The number of benzene rings is 2. The molecule has 0 bridgehead atoms. The number of nitrogens with one attached hydrogen (secondary N) is 1. The van der Waals surface area contributed by atoms with Gasteiger partial charge >= 0.3 is 0 Å². The minimum atomic E-state index is -0.0595. The van der Waals surface area contributed by atoms with E-state index < -0.39 is 0 Å². The smallest absolute Gasteiger partial charge is 0.252 e. The van der Waals surface area contributed by atoms with E-state index in [1.165, 1.54) is 0 Å². The monoisotopic (exact) mass is 243 g/mol. The fraction of sp³-hybridized carbons (Fsp3) is 0.267. The van der Waals surface area contributed by atoms with Crippen LogP contribution in [0.5, 0.6) is 0 Å². The van der Waals surface area contributed by atoms with Crippen molar-refractivity contribution in [3.63, 3.8) is 0 Å². The summed E-state index contributed by atoms with van der Waals surface area (Å²) in [6.07, 6.45) is 0.0175. The standard InChI is InChI=1S/C15H17NO2/c1-11(18-2)10-16-15(17)14-9-5-7-12-6-3-4-8-13(12)14/h3-9,11H,10H2,1-2H3,(H,16,17). The Hall–Kier alpha value is -1.87. The molecule has 2 aromatic carbocycles. The molecule has 3 heteroatoms. The van der Waals surface area contributed by atoms with Crippen molar-refractivity contribution in [3.05, 3.63) is 48.0 Å². The molecule has 1 atom stereocenters. The second-order valence-corrected chi connectivity index (χ2v) is 4.28. The number of amides is 1. The summed E-state index contributed by atoms with van der Waals surface area (Å²) in [5.41, 5.74) is 0.705. The van der Waals surface area contributed by atoms with Crippen LogP contribution in [0, 0.1) is 0 Å². The summed E-state index contributed by atoms with van der Waals surface area (Å²) >= 11 is 0. The molecule has 0 saturated heterocycles. The topological polar surface area (TPSA) is 38.3 Å². The van der Waals surface area contributed by atoms with Crippen molar-refractivity contribution in [1.29, 1.82) is 0 Å². The largest absolute Gasteiger partial charge is 0.380 e. The maximum absolute atomic E-state index is 12.1. The molecule has 2 aromatic rings. The highest BCUT2D eigenvalue weighted by Gasteiger charge is 2.10. The Bertz CT molecular complexity index is 546. The van der Waals surface area contributed by atoms with Crippen molar-refractivity contribution >= 4 is 16.7 Å². The zero-order chi connectivity index (χ0) is 13.0. The second kappa shape index (κ2) is 5.65. The highest BCUT2D eigenvalue weighted by molar-refractivity contribution is 6.06. The Morgan fingerprint density at radius 3 is 2.72 bits per heavy atom. The lowest BCUT2D eigenvalue weighted by molar-refractivity contribution is 0.0872. The number of carbonyl (C=O) groups is 1. The molecule has 1 amide bonds. The van der Waals surface area contributed by atoms with Gasteiger partial charge in [0.2, 0.25) is 0 Å². The molecule has 18 heavy (non-hydrogen) atoms. The van der Waals surface area contributed by atoms with Gasteiger partial charge in [0.25, 0.3) is 5.91 Å². The van der Waals surface area contributed by atoms with Crippen LogP contribution >= 0.6 is 0 Å². The van der Waals surface area contributed by atoms with Crippen LogP contribution in [0.1, 0.15) is 17.3 Å². The minimum absolute atomic E-state index is 0.0175. The lowest BCUT2D eigenvalue weighted by Crippen LogP contribution is -2.31. The van der Waals surface area contributed by atoms with Crippen LogP contribution in [0.2, 0.25) is 0 Å². The number of methoxy groups -OCH3 is 1. The zero-order valence-electron chi connectivity index (χ0n) is 10.6. The van der Waals surface area contributed by atoms with E-state index in [0.717, 1.165) is 10.8 Å². The predicted molar refractivity (Wildman–Crippen MR) is 72.8 cm³/mol. The first kappa shape index (κ1) is 12.6. The summed E-state index contributed by atoms with van der Waals surface area (Å²) in [4.78, 5) is 12.1. The van der Waals surface area contributed by atoms with E-state index in [9.17, 15) is 4.79 Å². The van der Waals surface area contributed by atoms with Gasteiger partial charge in [0.1, 0.15) is 0 Å². The highest BCUT2D eigenvalue weighted by Crippen LogP contribution is 2.18. The summed E-state index contributed by atoms with van der Waals surface area (Å²) in [7, 11) is 1.63. The van der Waals surface area contributed by atoms with Crippen LogP contribution in [0.25, 0.3) is 10.8 Å². The summed E-state index contributed by atoms with van der Waals surface area (Å²) < 4.78 is 5.11. The Balaban J connectivity index is 2.22. The summed E-state index contributed by atoms with van der Waals surface area (Å²) in [6, 6.07) is 13.6. The van der Waals surface area contributed by atoms with Crippen molar-refractivity contribution in [2.45, 2.75) is 13.0 Å². The average Bonchev–Trinajstić information content (AvgIpc) is 2.43. The lowest BCUT2D eigenvalue weighted by atomic mass is 10.0. The van der Waals surface area contributed by atoms with Gasteiger partial charge in [0.15, 0.2) is 0 Å². The van der Waals surface area contributed by atoms with Crippen molar-refractivity contribution in [3.8, 4) is 0 Å². The van der Waals surface area contributed by atoms with E-state index in [4.69, 9.17) is 4.74 Å². The molecule has 0 heterocycles. The average molecular weight is 243 g/mol. The van der Waals surface area contributed by atoms with Crippen LogP contribution in [0.15, 0.2) is 42.5 Å². The van der Waals surface area contributed by atoms with Crippen molar-refractivity contribution in [2.24, 2.45) is 0 Å². The third kappa shape index (κ3) is 2.68. The molecule has 0 spiro atoms. The number of rotatable bonds is 4. The van der Waals surface area contributed by atoms with E-state index in [2.05, 4.69) is 5.32 Å². The fourth-order valence-electron chi connectivity index (χ4n) is 1.84. The fourth-order valence-corrected chi connectivity index (χ4v) is 1.84. The van der Waals surface area contributed by atoms with Gasteiger partial charge in [-0.25, -0.2) is 0 Å². The van der Waals surface area contributed by atoms with Crippen LogP contribution in [-0.2, 0) is 4.74 Å². The molecule has 3 nitrogen and oxygen atoms in total. The van der Waals surface area contributed by atoms with E-state index in [-0.39, 0.29) is 12.0 Å². The Labute approximate surface area is 107 Å². The van der Waals surface area contributed by atoms with Gasteiger partial charge in [-0.15, -0.1) is 0 Å². The first-order chi connectivity index (χ1) is 8.72. The molecule has 94 valence electrons. The van der Waals surface area contributed by atoms with Crippen molar-refractivity contribution in [1.82, 2.24) is 5.32 Å². The van der Waals surface area contributed by atoms with E-state index in [0.29, 0.717) is 12.1 Å². The van der Waals surface area contributed by atoms with Gasteiger partial charge in [-0.1, -0.05) is 36.4 Å². The quantitative estimate of drug-likeness (QED) is 0.896. The predicted octanol–water partition coefficient (Wildman–Crippen LogP) is 2.60. The van der Waals surface area contributed by atoms with Crippen LogP contribution in [0.3, 0.4) is 0 Å². The zero-order valence-corrected chi connectivity index (χ0v) is 10.6. The number of carbonyl (C=O) groups excluding carboxylic acids is 1. The normalized spacial score (nSPS) is 12.3. The number of hydrogen-bond acceptors (Lipinski definition) is 2. The Morgan fingerprint density at radius 2 is 1.94 bits per heavy atom. The molecule has 2 rings (SSSR count). The molecule has 1 N–H and O–H groups in total. The number of hydrogen-bond donors (Lipinski definition) is 1. The molecule has 0 aliphatic carbocycles. The van der Waals surface area contributed by atoms with Gasteiger partial charge in [0.05, 0.1) is 6.10 Å². The minimum Gasteiger partial charge on any atom is -0.380 e. The Morgan fingerprint density at radius 1 is 1.22 bits per heavy atom. The first-order valence-corrected chi connectivity index (χ1v) is 6.01. The maximum Gasteiger partial charge on any atom is 0.252 e. The number of fused-ring (bicyclic) bond motifs is 1. The van der Waals surface area contributed by atoms with Gasteiger partial charge in [0, 0.05) is 19.2 Å². The van der Waals surface area contributed by atoms with Crippen molar-refractivity contribution < 1.29 is 9.53 Å². The molecular formula is C15H17NO2. The lowest BCUT2D eigenvalue weighted by Gasteiger charge is -2.11. The number of ether oxygens (including phenoxy) is 1. The van der Waals surface area contributed by atoms with Gasteiger partial charge < -0.3 is 10.1 Å². The van der Waals surface area contributed by atoms with Gasteiger partial charge in [-0.05, 0) is 23.8 Å². The van der Waals surface area contributed by atoms with E-state index >= 15 is 0 Å². The first-order valence-electron chi connectivity index (χ1n) is 6.01. The van der Waals surface area contributed by atoms with Gasteiger partial charge in [-0.2, -0.15) is 0 Å². The van der Waals surface area contributed by atoms with E-state index in [1.54, 1.807) is 7.11 Å². The van der Waals surface area contributed by atoms with Crippen LogP contribution in [-0.4, -0.2) is 25.7 Å². The molecular weight excluding hydrogens is 226 g/mol. The molecule has 0 saturated carbocycles. The molecule has 0 aliphatic rings. The van der Waals surface area contributed by atoms with Crippen LogP contribution in [0.4, 0.5) is 0 Å². The third-order valence-corrected chi connectivity index (χ3v) is 2.99. The SMILES string of the molecule is COC(C)CNC(=O)c1cccc2ccccc12. The molecule has 0 radical (unpaired) electrons.